The number of aromatic nitrogens is 2. The maximum absolute atomic E-state index is 14.0. The molecule has 0 bridgehead atoms. The summed E-state index contributed by atoms with van der Waals surface area (Å²) in [6.07, 6.45) is 0. The third-order valence-electron chi connectivity index (χ3n) is 3.36. The molecule has 120 valence electrons. The highest BCUT2D eigenvalue weighted by Crippen LogP contribution is 2.35. The van der Waals surface area contributed by atoms with E-state index in [0.717, 1.165) is 22.9 Å². The maximum atomic E-state index is 14.0. The first-order chi connectivity index (χ1) is 11.4. The lowest BCUT2D eigenvalue weighted by Gasteiger charge is -2.05. The molecule has 0 aliphatic rings. The van der Waals surface area contributed by atoms with Gasteiger partial charge in [-0.15, -0.1) is 0 Å². The minimum absolute atomic E-state index is 0.00267. The number of nitrogens with two attached hydrogens (primary N) is 1. The first-order valence-corrected chi connectivity index (χ1v) is 7.37. The molecule has 3 rings (SSSR count). The average Bonchev–Trinajstić information content (AvgIpc) is 2.86. The molecule has 0 radical (unpaired) electrons. The third kappa shape index (κ3) is 2.68. The lowest BCUT2D eigenvalue weighted by molar-refractivity contribution is 0.588. The minimum Gasteiger partial charge on any atom is -0.382 e. The van der Waals surface area contributed by atoms with Crippen molar-refractivity contribution in [1.29, 1.82) is 5.26 Å². The highest BCUT2D eigenvalue weighted by atomic mass is 35.5. The fourth-order valence-electron chi connectivity index (χ4n) is 2.24. The van der Waals surface area contributed by atoms with E-state index >= 15 is 0 Å². The molecule has 4 nitrogen and oxygen atoms in total. The first-order valence-electron chi connectivity index (χ1n) is 6.62. The van der Waals surface area contributed by atoms with Crippen LogP contribution in [0.3, 0.4) is 0 Å². The molecule has 0 unspecified atom stereocenters. The van der Waals surface area contributed by atoms with Gasteiger partial charge in [-0.3, -0.25) is 0 Å². The van der Waals surface area contributed by atoms with Crippen molar-refractivity contribution in [3.05, 3.63) is 63.6 Å². The van der Waals surface area contributed by atoms with Gasteiger partial charge in [0.15, 0.2) is 0 Å². The molecule has 0 saturated carbocycles. The van der Waals surface area contributed by atoms with Gasteiger partial charge in [0.25, 0.3) is 0 Å². The fraction of sp³-hybridized carbons (Fsp3) is 0. The molecule has 2 N–H and O–H groups in total. The largest absolute Gasteiger partial charge is 0.382 e. The van der Waals surface area contributed by atoms with Crippen molar-refractivity contribution < 1.29 is 8.78 Å². The number of anilines is 1. The highest BCUT2D eigenvalue weighted by molar-refractivity contribution is 6.36. The van der Waals surface area contributed by atoms with Crippen LogP contribution >= 0.6 is 23.2 Å². The lowest BCUT2D eigenvalue weighted by atomic mass is 10.1. The molecule has 24 heavy (non-hydrogen) atoms. The van der Waals surface area contributed by atoms with Gasteiger partial charge in [-0.05, 0) is 30.3 Å². The molecule has 0 atom stereocenters. The van der Waals surface area contributed by atoms with Crippen LogP contribution in [0.4, 0.5) is 14.6 Å². The Morgan fingerprint density at radius 3 is 2.54 bits per heavy atom. The second-order valence-corrected chi connectivity index (χ2v) is 5.70. The Balaban J connectivity index is 2.27. The molecule has 0 saturated heterocycles. The molecule has 8 heteroatoms. The number of nitriles is 1. The molecule has 0 amide bonds. The van der Waals surface area contributed by atoms with Crippen LogP contribution in [0.15, 0.2) is 36.4 Å². The van der Waals surface area contributed by atoms with E-state index < -0.39 is 11.6 Å². The van der Waals surface area contributed by atoms with Gasteiger partial charge in [0, 0.05) is 16.7 Å². The molecule has 0 aliphatic heterocycles. The molecular formula is C16H8Cl2F2N4. The van der Waals surface area contributed by atoms with E-state index in [1.807, 2.05) is 6.07 Å². The Kier molecular flexibility index (Phi) is 4.14. The smallest absolute Gasteiger partial charge is 0.149 e. The zero-order chi connectivity index (χ0) is 17.4. The second-order valence-electron chi connectivity index (χ2n) is 4.85. The zero-order valence-electron chi connectivity index (χ0n) is 11.9. The van der Waals surface area contributed by atoms with Gasteiger partial charge in [-0.25, -0.2) is 13.5 Å². The fourth-order valence-corrected chi connectivity index (χ4v) is 2.74. The van der Waals surface area contributed by atoms with Crippen molar-refractivity contribution in [2.24, 2.45) is 0 Å². The Hall–Kier alpha value is -2.62. The Bertz CT molecular complexity index is 992. The van der Waals surface area contributed by atoms with E-state index in [1.165, 1.54) is 6.07 Å². The van der Waals surface area contributed by atoms with Crippen molar-refractivity contribution in [3.8, 4) is 23.0 Å². The number of nitrogen functional groups attached to an aromatic ring is 1. The molecule has 1 heterocycles. The molecule has 3 aromatic rings. The highest BCUT2D eigenvalue weighted by Gasteiger charge is 2.21. The van der Waals surface area contributed by atoms with Crippen LogP contribution in [0.5, 0.6) is 0 Å². The summed E-state index contributed by atoms with van der Waals surface area (Å²) in [6, 6.07) is 9.40. The van der Waals surface area contributed by atoms with E-state index in [0.29, 0.717) is 10.6 Å². The summed E-state index contributed by atoms with van der Waals surface area (Å²) in [7, 11) is 0. The van der Waals surface area contributed by atoms with Crippen LogP contribution in [0, 0.1) is 23.0 Å². The molecule has 0 aliphatic carbocycles. The monoisotopic (exact) mass is 364 g/mol. The zero-order valence-corrected chi connectivity index (χ0v) is 13.4. The van der Waals surface area contributed by atoms with E-state index in [9.17, 15) is 14.0 Å². The van der Waals surface area contributed by atoms with Crippen molar-refractivity contribution in [2.45, 2.75) is 0 Å². The Morgan fingerprint density at radius 1 is 1.12 bits per heavy atom. The molecular weight excluding hydrogens is 357 g/mol. The molecule has 2 aromatic carbocycles. The predicted octanol–water partition coefficient (Wildman–Crippen LogP) is 4.58. The molecule has 0 fully saturated rings. The van der Waals surface area contributed by atoms with Gasteiger partial charge in [-0.1, -0.05) is 23.2 Å². The van der Waals surface area contributed by atoms with Crippen LogP contribution in [0.25, 0.3) is 16.9 Å². The number of benzene rings is 2. The normalized spacial score (nSPS) is 10.6. The summed E-state index contributed by atoms with van der Waals surface area (Å²) in [5.74, 6) is -1.52. The molecule has 1 aromatic heterocycles. The Labute approximate surface area is 145 Å². The lowest BCUT2D eigenvalue weighted by Crippen LogP contribution is -2.05. The van der Waals surface area contributed by atoms with Gasteiger partial charge in [0.05, 0.1) is 5.02 Å². The van der Waals surface area contributed by atoms with Gasteiger partial charge in [-0.2, -0.15) is 10.4 Å². The molecule has 0 spiro atoms. The van der Waals surface area contributed by atoms with Crippen molar-refractivity contribution in [3.63, 3.8) is 0 Å². The standard InChI is InChI=1S/C16H8Cl2F2N4/c17-8-1-3-10(12(18)5-8)15-11(7-21)16(22)24(23-15)14-6-9(19)2-4-13(14)20/h1-6H,22H2. The van der Waals surface area contributed by atoms with E-state index in [4.69, 9.17) is 28.9 Å². The van der Waals surface area contributed by atoms with Crippen molar-refractivity contribution in [2.75, 3.05) is 5.73 Å². The summed E-state index contributed by atoms with van der Waals surface area (Å²) < 4.78 is 28.4. The van der Waals surface area contributed by atoms with Crippen LogP contribution in [-0.2, 0) is 0 Å². The van der Waals surface area contributed by atoms with E-state index in [-0.39, 0.29) is 27.8 Å². The summed E-state index contributed by atoms with van der Waals surface area (Å²) >= 11 is 12.0. The number of halogens is 4. The van der Waals surface area contributed by atoms with Gasteiger partial charge in [0.1, 0.15) is 40.5 Å². The first kappa shape index (κ1) is 16.2. The van der Waals surface area contributed by atoms with E-state index in [1.54, 1.807) is 12.1 Å². The van der Waals surface area contributed by atoms with Crippen molar-refractivity contribution >= 4 is 29.0 Å². The van der Waals surface area contributed by atoms with Crippen LogP contribution in [0.2, 0.25) is 10.0 Å². The Morgan fingerprint density at radius 2 is 1.88 bits per heavy atom. The van der Waals surface area contributed by atoms with Crippen LogP contribution in [0.1, 0.15) is 5.56 Å². The number of hydrogen-bond acceptors (Lipinski definition) is 3. The van der Waals surface area contributed by atoms with Gasteiger partial charge in [0.2, 0.25) is 0 Å². The van der Waals surface area contributed by atoms with Crippen LogP contribution < -0.4 is 5.73 Å². The number of rotatable bonds is 2. The minimum atomic E-state index is -0.733. The van der Waals surface area contributed by atoms with Gasteiger partial charge >= 0.3 is 0 Å². The summed E-state index contributed by atoms with van der Waals surface area (Å²) in [5, 5.41) is 14.2. The maximum Gasteiger partial charge on any atom is 0.149 e. The van der Waals surface area contributed by atoms with Gasteiger partial charge < -0.3 is 5.73 Å². The topological polar surface area (TPSA) is 67.6 Å². The SMILES string of the molecule is N#Cc1c(-c2ccc(Cl)cc2Cl)nn(-c2cc(F)ccc2F)c1N. The quantitative estimate of drug-likeness (QED) is 0.723. The average molecular weight is 365 g/mol. The number of nitrogens with zero attached hydrogens (tertiary/aromatic N) is 3. The van der Waals surface area contributed by atoms with Crippen LogP contribution in [-0.4, -0.2) is 9.78 Å². The van der Waals surface area contributed by atoms with Crippen molar-refractivity contribution in [1.82, 2.24) is 9.78 Å². The summed E-state index contributed by atoms with van der Waals surface area (Å²) in [4.78, 5) is 0. The number of hydrogen-bond donors (Lipinski definition) is 1. The summed E-state index contributed by atoms with van der Waals surface area (Å²) in [5.41, 5.74) is 6.25. The second kappa shape index (κ2) is 6.11. The third-order valence-corrected chi connectivity index (χ3v) is 3.90. The van der Waals surface area contributed by atoms with E-state index in [2.05, 4.69) is 5.10 Å². The predicted molar refractivity (Wildman–Crippen MR) is 88.1 cm³/mol. The summed E-state index contributed by atoms with van der Waals surface area (Å²) in [6.45, 7) is 0.